The van der Waals surface area contributed by atoms with Crippen molar-refractivity contribution in [3.05, 3.63) is 64.3 Å². The number of hydrogen-bond acceptors (Lipinski definition) is 4. The van der Waals surface area contributed by atoms with E-state index in [2.05, 4.69) is 44.1 Å². The Kier molecular flexibility index (Phi) is 7.13. The lowest BCUT2D eigenvalue weighted by Crippen LogP contribution is -2.27. The van der Waals surface area contributed by atoms with Gasteiger partial charge in [0.05, 0.1) is 5.52 Å². The molecule has 1 aromatic heterocycles. The maximum Gasteiger partial charge on any atom is 0.308 e. The van der Waals surface area contributed by atoms with Gasteiger partial charge < -0.3 is 9.64 Å². The smallest absolute Gasteiger partial charge is 0.308 e. The zero-order chi connectivity index (χ0) is 24.5. The Morgan fingerprint density at radius 1 is 1.03 bits per heavy atom. The van der Waals surface area contributed by atoms with Gasteiger partial charge in [0.2, 0.25) is 5.91 Å². The molecule has 5 heteroatoms. The fourth-order valence-corrected chi connectivity index (χ4v) is 4.74. The van der Waals surface area contributed by atoms with E-state index in [4.69, 9.17) is 4.74 Å². The van der Waals surface area contributed by atoms with E-state index in [0.29, 0.717) is 5.75 Å². The molecule has 0 saturated heterocycles. The molecule has 33 heavy (non-hydrogen) atoms. The Hall–Kier alpha value is -2.92. The predicted octanol–water partition coefficient (Wildman–Crippen LogP) is 5.60. The highest BCUT2D eigenvalue weighted by Crippen LogP contribution is 2.39. The van der Waals surface area contributed by atoms with E-state index in [1.807, 2.05) is 46.0 Å². The molecule has 0 N–H and O–H groups in total. The summed E-state index contributed by atoms with van der Waals surface area (Å²) in [6, 6.07) is 10.2. The standard InChI is InChI=1S/C28H36N2O3/c1-18-9-10-24-23(14-18)22(11-12-29(7)8)17-30(24)26(32)16-28(5,6)27-20(3)13-19(2)15-25(27)33-21(4)31/h9-10,13-15,17H,11-12,16H2,1-8H3. The number of carbonyl (C=O) groups is 2. The van der Waals surface area contributed by atoms with Crippen molar-refractivity contribution in [2.75, 3.05) is 20.6 Å². The molecular weight excluding hydrogens is 412 g/mol. The maximum atomic E-state index is 13.6. The van der Waals surface area contributed by atoms with Crippen molar-refractivity contribution in [2.24, 2.45) is 0 Å². The third-order valence-corrected chi connectivity index (χ3v) is 6.11. The molecule has 2 aromatic carbocycles. The Balaban J connectivity index is 2.01. The van der Waals surface area contributed by atoms with Gasteiger partial charge in [-0.15, -0.1) is 0 Å². The normalized spacial score (nSPS) is 11.9. The molecule has 176 valence electrons. The zero-order valence-corrected chi connectivity index (χ0v) is 21.2. The van der Waals surface area contributed by atoms with Crippen molar-refractivity contribution < 1.29 is 14.3 Å². The molecule has 0 spiro atoms. The van der Waals surface area contributed by atoms with E-state index >= 15 is 0 Å². The van der Waals surface area contributed by atoms with Crippen LogP contribution in [0.3, 0.4) is 0 Å². The first-order valence-corrected chi connectivity index (χ1v) is 11.5. The van der Waals surface area contributed by atoms with Crippen LogP contribution in [-0.4, -0.2) is 42.0 Å². The Labute approximate surface area is 197 Å². The molecule has 0 bridgehead atoms. The average molecular weight is 449 g/mol. The van der Waals surface area contributed by atoms with Crippen molar-refractivity contribution >= 4 is 22.8 Å². The molecule has 0 unspecified atom stereocenters. The number of likely N-dealkylation sites (N-methyl/N-ethyl adjacent to an activating group) is 1. The van der Waals surface area contributed by atoms with Gasteiger partial charge in [-0.3, -0.25) is 14.2 Å². The molecule has 1 heterocycles. The summed E-state index contributed by atoms with van der Waals surface area (Å²) >= 11 is 0. The molecule has 3 aromatic rings. The maximum absolute atomic E-state index is 13.6. The van der Waals surface area contributed by atoms with Gasteiger partial charge in [-0.2, -0.15) is 0 Å². The molecule has 0 atom stereocenters. The number of aromatic nitrogens is 1. The molecule has 0 aliphatic rings. The molecule has 0 saturated carbocycles. The van der Waals surface area contributed by atoms with Gasteiger partial charge in [0.15, 0.2) is 0 Å². The molecule has 5 nitrogen and oxygen atoms in total. The third-order valence-electron chi connectivity index (χ3n) is 6.11. The lowest BCUT2D eigenvalue weighted by atomic mass is 9.78. The highest BCUT2D eigenvalue weighted by Gasteiger charge is 2.31. The van der Waals surface area contributed by atoms with Crippen molar-refractivity contribution in [1.29, 1.82) is 0 Å². The summed E-state index contributed by atoms with van der Waals surface area (Å²) in [4.78, 5) is 27.5. The van der Waals surface area contributed by atoms with Crippen LogP contribution in [0.2, 0.25) is 0 Å². The SMILES string of the molecule is CC(=O)Oc1cc(C)cc(C)c1C(C)(C)CC(=O)n1cc(CCN(C)C)c2cc(C)ccc21. The summed E-state index contributed by atoms with van der Waals surface area (Å²) in [7, 11) is 4.12. The summed E-state index contributed by atoms with van der Waals surface area (Å²) in [6.07, 6.45) is 3.17. The van der Waals surface area contributed by atoms with Crippen LogP contribution in [0.25, 0.3) is 10.9 Å². The summed E-state index contributed by atoms with van der Waals surface area (Å²) in [6.45, 7) is 12.5. The van der Waals surface area contributed by atoms with Gasteiger partial charge in [0.25, 0.3) is 0 Å². The first kappa shape index (κ1) is 24.7. The summed E-state index contributed by atoms with van der Waals surface area (Å²) in [5.74, 6) is 0.205. The number of ether oxygens (including phenoxy) is 1. The number of nitrogens with zero attached hydrogens (tertiary/aromatic N) is 2. The van der Waals surface area contributed by atoms with Gasteiger partial charge >= 0.3 is 5.97 Å². The van der Waals surface area contributed by atoms with Gasteiger partial charge in [-0.05, 0) is 76.2 Å². The molecule has 0 radical (unpaired) electrons. The summed E-state index contributed by atoms with van der Waals surface area (Å²) < 4.78 is 7.36. The van der Waals surface area contributed by atoms with E-state index in [1.54, 1.807) is 4.57 Å². The Bertz CT molecular complexity index is 1200. The molecular formula is C28H36N2O3. The second-order valence-corrected chi connectivity index (χ2v) is 10.1. The van der Waals surface area contributed by atoms with Crippen LogP contribution in [0.1, 0.15) is 59.8 Å². The highest BCUT2D eigenvalue weighted by molar-refractivity contribution is 5.95. The second-order valence-electron chi connectivity index (χ2n) is 10.1. The minimum Gasteiger partial charge on any atom is -0.426 e. The predicted molar refractivity (Wildman–Crippen MR) is 134 cm³/mol. The topological polar surface area (TPSA) is 51.5 Å². The van der Waals surface area contributed by atoms with Crippen molar-refractivity contribution in [3.63, 3.8) is 0 Å². The van der Waals surface area contributed by atoms with Gasteiger partial charge in [-0.1, -0.05) is 31.5 Å². The number of benzene rings is 2. The summed E-state index contributed by atoms with van der Waals surface area (Å²) in [5.41, 5.74) is 5.72. The van der Waals surface area contributed by atoms with Crippen LogP contribution in [0, 0.1) is 20.8 Å². The third kappa shape index (κ3) is 5.53. The number of hydrogen-bond donors (Lipinski definition) is 0. The van der Waals surface area contributed by atoms with Gasteiger partial charge in [0.1, 0.15) is 5.75 Å². The first-order chi connectivity index (χ1) is 15.4. The van der Waals surface area contributed by atoms with E-state index in [1.165, 1.54) is 18.1 Å². The largest absolute Gasteiger partial charge is 0.426 e. The lowest BCUT2D eigenvalue weighted by Gasteiger charge is -2.29. The van der Waals surface area contributed by atoms with Crippen molar-refractivity contribution in [3.8, 4) is 5.75 Å². The first-order valence-electron chi connectivity index (χ1n) is 11.5. The Morgan fingerprint density at radius 2 is 1.73 bits per heavy atom. The molecule has 0 aliphatic carbocycles. The van der Waals surface area contributed by atoms with Crippen LogP contribution in [0.5, 0.6) is 5.75 Å². The monoisotopic (exact) mass is 448 g/mol. The van der Waals surface area contributed by atoms with Gasteiger partial charge in [-0.25, -0.2) is 0 Å². The molecule has 0 amide bonds. The van der Waals surface area contributed by atoms with Crippen molar-refractivity contribution in [2.45, 2.75) is 59.8 Å². The summed E-state index contributed by atoms with van der Waals surface area (Å²) in [5, 5.41) is 1.13. The molecule has 0 aliphatic heterocycles. The Morgan fingerprint density at radius 3 is 2.36 bits per heavy atom. The number of esters is 1. The minimum absolute atomic E-state index is 0.0266. The number of carbonyl (C=O) groups excluding carboxylic acids is 2. The lowest BCUT2D eigenvalue weighted by molar-refractivity contribution is -0.131. The number of rotatable bonds is 7. The van der Waals surface area contributed by atoms with E-state index in [0.717, 1.165) is 40.6 Å². The van der Waals surface area contributed by atoms with Crippen LogP contribution < -0.4 is 4.74 Å². The fourth-order valence-electron chi connectivity index (χ4n) is 4.74. The van der Waals surface area contributed by atoms with E-state index in [9.17, 15) is 9.59 Å². The number of aryl methyl sites for hydroxylation is 3. The molecule has 3 rings (SSSR count). The zero-order valence-electron chi connectivity index (χ0n) is 21.2. The quantitative estimate of drug-likeness (QED) is 0.348. The van der Waals surface area contributed by atoms with Crippen LogP contribution in [0.15, 0.2) is 36.5 Å². The highest BCUT2D eigenvalue weighted by atomic mass is 16.5. The van der Waals surface area contributed by atoms with E-state index in [-0.39, 0.29) is 18.3 Å². The van der Waals surface area contributed by atoms with Gasteiger partial charge in [0, 0.05) is 42.5 Å². The van der Waals surface area contributed by atoms with Crippen LogP contribution >= 0.6 is 0 Å². The minimum atomic E-state index is -0.523. The second kappa shape index (κ2) is 9.52. The average Bonchev–Trinajstić information content (AvgIpc) is 3.02. The van der Waals surface area contributed by atoms with Crippen LogP contribution in [-0.2, 0) is 16.6 Å². The molecule has 0 fully saturated rings. The van der Waals surface area contributed by atoms with Crippen molar-refractivity contribution in [1.82, 2.24) is 9.47 Å². The van der Waals surface area contributed by atoms with Crippen LogP contribution in [0.4, 0.5) is 0 Å². The van der Waals surface area contributed by atoms with E-state index < -0.39 is 5.41 Å². The number of fused-ring (bicyclic) bond motifs is 1. The fraction of sp³-hybridized carbons (Fsp3) is 0.429.